The molecule has 9 heteroatoms. The number of phenolic OH excluding ortho intramolecular Hbond substituents is 1. The van der Waals surface area contributed by atoms with E-state index in [1.165, 1.54) is 32.0 Å². The van der Waals surface area contributed by atoms with Crippen LogP contribution in [0, 0.1) is 18.6 Å². The van der Waals surface area contributed by atoms with E-state index in [1.54, 1.807) is 0 Å². The van der Waals surface area contributed by atoms with Gasteiger partial charge in [-0.25, -0.2) is 8.78 Å². The minimum absolute atomic E-state index is 0.121. The van der Waals surface area contributed by atoms with Gasteiger partial charge in [0.05, 0.1) is 28.1 Å². The minimum atomic E-state index is -1.26. The number of halogens is 4. The van der Waals surface area contributed by atoms with Crippen molar-refractivity contribution in [3.05, 3.63) is 62.8 Å². The molecule has 0 radical (unpaired) electrons. The van der Waals surface area contributed by atoms with Gasteiger partial charge in [0.15, 0.2) is 17.4 Å². The van der Waals surface area contributed by atoms with Crippen molar-refractivity contribution in [3.8, 4) is 5.75 Å². The molecule has 0 amide bonds. The fourth-order valence-corrected chi connectivity index (χ4v) is 3.80. The van der Waals surface area contributed by atoms with Gasteiger partial charge in [-0.15, -0.1) is 0 Å². The van der Waals surface area contributed by atoms with Crippen molar-refractivity contribution in [1.29, 1.82) is 0 Å². The van der Waals surface area contributed by atoms with Gasteiger partial charge >= 0.3 is 5.97 Å². The summed E-state index contributed by atoms with van der Waals surface area (Å²) in [6, 6.07) is 5.04. The summed E-state index contributed by atoms with van der Waals surface area (Å²) >= 11 is 11.9. The van der Waals surface area contributed by atoms with Gasteiger partial charge in [-0.1, -0.05) is 30.1 Å². The second kappa shape index (κ2) is 8.85. The molecule has 5 nitrogen and oxygen atoms in total. The van der Waals surface area contributed by atoms with Gasteiger partial charge in [-0.05, 0) is 44.0 Å². The van der Waals surface area contributed by atoms with Crippen molar-refractivity contribution < 1.29 is 28.2 Å². The molecule has 1 atom stereocenters. The Balaban J connectivity index is 2.29. The molecule has 0 spiro atoms. The van der Waals surface area contributed by atoms with Crippen LogP contribution in [-0.2, 0) is 9.53 Å². The van der Waals surface area contributed by atoms with Crippen molar-refractivity contribution >= 4 is 46.0 Å². The SMILES string of the molecule is CCCOC(=O)[C@H](C)c1c(C)n(C(=O)c2ccc(Cl)c(Cl)c2)c2cc(F)c(O)c(F)c12. The van der Waals surface area contributed by atoms with Crippen molar-refractivity contribution in [3.63, 3.8) is 0 Å². The lowest BCUT2D eigenvalue weighted by Crippen LogP contribution is -2.17. The number of rotatable bonds is 5. The lowest BCUT2D eigenvalue weighted by molar-refractivity contribution is -0.145. The molecule has 3 rings (SSSR count). The largest absolute Gasteiger partial charge is 0.503 e. The molecule has 164 valence electrons. The molecular weight excluding hydrogens is 451 g/mol. The smallest absolute Gasteiger partial charge is 0.313 e. The number of phenols is 1. The van der Waals surface area contributed by atoms with E-state index in [1.807, 2.05) is 6.92 Å². The Morgan fingerprint density at radius 2 is 1.87 bits per heavy atom. The summed E-state index contributed by atoms with van der Waals surface area (Å²) in [7, 11) is 0. The maximum atomic E-state index is 15.0. The molecule has 0 bridgehead atoms. The van der Waals surface area contributed by atoms with E-state index in [0.717, 1.165) is 10.6 Å². The number of benzene rings is 2. The number of esters is 1. The van der Waals surface area contributed by atoms with Crippen molar-refractivity contribution in [2.75, 3.05) is 6.61 Å². The van der Waals surface area contributed by atoms with Crippen molar-refractivity contribution in [2.45, 2.75) is 33.1 Å². The summed E-state index contributed by atoms with van der Waals surface area (Å²) in [5.74, 6) is -5.93. The van der Waals surface area contributed by atoms with Crippen LogP contribution < -0.4 is 0 Å². The molecule has 3 aromatic rings. The minimum Gasteiger partial charge on any atom is -0.503 e. The number of nitrogens with zero attached hydrogens (tertiary/aromatic N) is 1. The Morgan fingerprint density at radius 3 is 2.48 bits per heavy atom. The normalized spacial score (nSPS) is 12.2. The number of hydrogen-bond donors (Lipinski definition) is 1. The van der Waals surface area contributed by atoms with Crippen LogP contribution in [0.1, 0.15) is 47.8 Å². The average molecular weight is 470 g/mol. The molecule has 0 saturated heterocycles. The maximum absolute atomic E-state index is 15.0. The number of ether oxygens (including phenoxy) is 1. The van der Waals surface area contributed by atoms with E-state index in [0.29, 0.717) is 6.42 Å². The molecule has 0 fully saturated rings. The zero-order valence-corrected chi connectivity index (χ0v) is 18.4. The lowest BCUT2D eigenvalue weighted by Gasteiger charge is -2.13. The highest BCUT2D eigenvalue weighted by Gasteiger charge is 2.31. The highest BCUT2D eigenvalue weighted by Crippen LogP contribution is 2.39. The number of carbonyl (C=O) groups is 2. The number of aromatic nitrogens is 1. The maximum Gasteiger partial charge on any atom is 0.313 e. The van der Waals surface area contributed by atoms with Crippen LogP contribution in [0.3, 0.4) is 0 Å². The van der Waals surface area contributed by atoms with E-state index in [-0.39, 0.29) is 44.4 Å². The molecular formula is C22H19Cl2F2NO4. The van der Waals surface area contributed by atoms with Gasteiger partial charge in [-0.3, -0.25) is 14.2 Å². The van der Waals surface area contributed by atoms with Gasteiger partial charge in [0.25, 0.3) is 5.91 Å². The summed E-state index contributed by atoms with van der Waals surface area (Å²) in [6.07, 6.45) is 0.593. The quantitative estimate of drug-likeness (QED) is 0.466. The van der Waals surface area contributed by atoms with E-state index in [9.17, 15) is 23.5 Å². The monoisotopic (exact) mass is 469 g/mol. The van der Waals surface area contributed by atoms with Crippen molar-refractivity contribution in [1.82, 2.24) is 4.57 Å². The molecule has 0 aliphatic rings. The van der Waals surface area contributed by atoms with Crippen LogP contribution in [0.4, 0.5) is 8.78 Å². The van der Waals surface area contributed by atoms with Gasteiger partial charge < -0.3 is 9.84 Å². The first-order valence-electron chi connectivity index (χ1n) is 9.48. The topological polar surface area (TPSA) is 68.5 Å². The fourth-order valence-electron chi connectivity index (χ4n) is 3.51. The van der Waals surface area contributed by atoms with Crippen LogP contribution >= 0.6 is 23.2 Å². The molecule has 0 aliphatic carbocycles. The predicted octanol–water partition coefficient (Wildman–Crippen LogP) is 5.99. The van der Waals surface area contributed by atoms with E-state index >= 15 is 0 Å². The Bertz CT molecular complexity index is 1210. The van der Waals surface area contributed by atoms with E-state index < -0.39 is 35.2 Å². The molecule has 0 saturated carbocycles. The number of hydrogen-bond acceptors (Lipinski definition) is 4. The van der Waals surface area contributed by atoms with Crippen LogP contribution in [0.5, 0.6) is 5.75 Å². The summed E-state index contributed by atoms with van der Waals surface area (Å²) in [4.78, 5) is 25.8. The van der Waals surface area contributed by atoms with E-state index in [4.69, 9.17) is 27.9 Å². The third kappa shape index (κ3) is 4.00. The van der Waals surface area contributed by atoms with Crippen molar-refractivity contribution in [2.24, 2.45) is 0 Å². The predicted molar refractivity (Wildman–Crippen MR) is 114 cm³/mol. The second-order valence-corrected chi connectivity index (χ2v) is 7.89. The highest BCUT2D eigenvalue weighted by molar-refractivity contribution is 6.42. The summed E-state index contributed by atoms with van der Waals surface area (Å²) in [6.45, 7) is 4.99. The van der Waals surface area contributed by atoms with E-state index in [2.05, 4.69) is 0 Å². The van der Waals surface area contributed by atoms with Crippen LogP contribution in [0.15, 0.2) is 24.3 Å². The summed E-state index contributed by atoms with van der Waals surface area (Å²) in [5.41, 5.74) is 0.316. The molecule has 0 aliphatic heterocycles. The Hall–Kier alpha value is -2.64. The van der Waals surface area contributed by atoms with Gasteiger partial charge in [-0.2, -0.15) is 0 Å². The van der Waals surface area contributed by atoms with Gasteiger partial charge in [0.2, 0.25) is 0 Å². The Morgan fingerprint density at radius 1 is 1.19 bits per heavy atom. The number of aromatic hydroxyl groups is 1. The van der Waals surface area contributed by atoms with Crippen LogP contribution in [0.25, 0.3) is 10.9 Å². The molecule has 31 heavy (non-hydrogen) atoms. The lowest BCUT2D eigenvalue weighted by atomic mass is 9.97. The Labute approximate surface area is 187 Å². The third-order valence-electron chi connectivity index (χ3n) is 5.01. The summed E-state index contributed by atoms with van der Waals surface area (Å²) < 4.78 is 35.4. The molecule has 1 N–H and O–H groups in total. The highest BCUT2D eigenvalue weighted by atomic mass is 35.5. The number of carbonyl (C=O) groups excluding carboxylic acids is 2. The number of fused-ring (bicyclic) bond motifs is 1. The zero-order chi connectivity index (χ0) is 23.0. The molecule has 0 unspecified atom stereocenters. The average Bonchev–Trinajstić information content (AvgIpc) is 3.02. The second-order valence-electron chi connectivity index (χ2n) is 7.07. The summed E-state index contributed by atoms with van der Waals surface area (Å²) in [5, 5.41) is 9.96. The first-order valence-corrected chi connectivity index (χ1v) is 10.2. The van der Waals surface area contributed by atoms with Gasteiger partial charge in [0.1, 0.15) is 0 Å². The van der Waals surface area contributed by atoms with Crippen LogP contribution in [0.2, 0.25) is 10.0 Å². The molecule has 2 aromatic carbocycles. The van der Waals surface area contributed by atoms with Gasteiger partial charge in [0, 0.05) is 22.7 Å². The van der Waals surface area contributed by atoms with Crippen LogP contribution in [-0.4, -0.2) is 28.2 Å². The molecule has 1 aromatic heterocycles. The first kappa shape index (κ1) is 23.0. The Kier molecular flexibility index (Phi) is 6.57. The fraction of sp³-hybridized carbons (Fsp3) is 0.273. The third-order valence-corrected chi connectivity index (χ3v) is 5.75. The zero-order valence-electron chi connectivity index (χ0n) is 16.9. The standard InChI is InChI=1S/C22H19Cl2F2NO4/c1-4-7-31-22(30)10(2)17-11(3)27(16-9-15(25)20(28)19(26)18(16)17)21(29)12-5-6-13(23)14(24)8-12/h5-6,8-10,28H,4,7H2,1-3H3/t10-/m1/s1. The first-order chi connectivity index (χ1) is 14.6. The molecule has 1 heterocycles.